The normalized spacial score (nSPS) is 12.8. The Hall–Kier alpha value is -6.16. The minimum absolute atomic E-state index is 0.0356. The van der Waals surface area contributed by atoms with Crippen LogP contribution < -0.4 is 4.74 Å². The van der Waals surface area contributed by atoms with Crippen molar-refractivity contribution in [3.8, 4) is 22.9 Å². The molecule has 0 aliphatic rings. The van der Waals surface area contributed by atoms with Crippen LogP contribution in [0, 0.1) is 6.92 Å². The molecule has 20 heteroatoms. The summed E-state index contributed by atoms with van der Waals surface area (Å²) in [4.78, 5) is 5.69. The molecule has 0 saturated carbocycles. The number of H-pyrrole nitrogens is 1. The number of phenolic OH excluding ortho intramolecular Hbond substituents is 1. The highest BCUT2D eigenvalue weighted by Crippen LogP contribution is 2.45. The molecule has 5 N–H and O–H groups in total. The van der Waals surface area contributed by atoms with Crippen molar-refractivity contribution in [2.75, 3.05) is 7.11 Å². The first kappa shape index (κ1) is 37.2. The van der Waals surface area contributed by atoms with Crippen LogP contribution in [-0.2, 0) is 30.4 Å². The largest absolute Gasteiger partial charge is 0.505 e. The van der Waals surface area contributed by atoms with Crippen LogP contribution in [0.25, 0.3) is 44.0 Å². The van der Waals surface area contributed by atoms with Gasteiger partial charge in [0, 0.05) is 33.2 Å². The number of aromatic nitrogens is 2. The third-order valence-corrected chi connectivity index (χ3v) is 11.2. The molecule has 0 saturated heterocycles. The number of rotatable bonds is 9. The fourth-order valence-corrected chi connectivity index (χ4v) is 8.03. The Balaban J connectivity index is 1.29. The predicted octanol–water partition coefficient (Wildman–Crippen LogP) is 8.13. The predicted molar refractivity (Wildman–Crippen MR) is 200 cm³/mol. The SMILES string of the molecule is COc1cc(N=Nc2cc(S(=O)(=O)O)c3cccc(S(=O)(=O)O)c3c2)c(C)cc1N=Nc1c(S(=O)(=O)O)cc2c(ccc3nc(-c4ccccc4)[nH]c32)c1O. The molecule has 0 atom stereocenters. The van der Waals surface area contributed by atoms with Gasteiger partial charge in [-0.1, -0.05) is 42.5 Å². The molecule has 55 heavy (non-hydrogen) atoms. The lowest BCUT2D eigenvalue weighted by molar-refractivity contribution is 0.416. The average molecular weight is 803 g/mol. The number of fused-ring (bicyclic) bond motifs is 4. The molecule has 0 fully saturated rings. The van der Waals surface area contributed by atoms with E-state index in [1.54, 1.807) is 13.0 Å². The van der Waals surface area contributed by atoms with E-state index in [1.165, 1.54) is 37.4 Å². The Morgan fingerprint density at radius 2 is 1.33 bits per heavy atom. The van der Waals surface area contributed by atoms with E-state index < -0.39 is 56.5 Å². The number of imidazole rings is 1. The summed E-state index contributed by atoms with van der Waals surface area (Å²) in [5, 5.41) is 27.6. The smallest absolute Gasteiger partial charge is 0.296 e. The summed E-state index contributed by atoms with van der Waals surface area (Å²) in [5.74, 6) is -0.0587. The molecule has 7 rings (SSSR count). The van der Waals surface area contributed by atoms with E-state index in [-0.39, 0.29) is 44.4 Å². The Morgan fingerprint density at radius 1 is 0.636 bits per heavy atom. The maximum Gasteiger partial charge on any atom is 0.296 e. The number of benzene rings is 6. The Morgan fingerprint density at radius 3 is 2.00 bits per heavy atom. The van der Waals surface area contributed by atoms with Crippen molar-refractivity contribution in [3.05, 3.63) is 96.6 Å². The van der Waals surface area contributed by atoms with Crippen molar-refractivity contribution in [2.24, 2.45) is 20.5 Å². The first-order chi connectivity index (χ1) is 25.9. The van der Waals surface area contributed by atoms with E-state index in [4.69, 9.17) is 4.74 Å². The number of aromatic hydroxyl groups is 1. The lowest BCUT2D eigenvalue weighted by Crippen LogP contribution is -2.03. The Labute approximate surface area is 311 Å². The second-order valence-electron chi connectivity index (χ2n) is 12.0. The van der Waals surface area contributed by atoms with Gasteiger partial charge in [-0.05, 0) is 55.0 Å². The zero-order valence-electron chi connectivity index (χ0n) is 28.3. The topological polar surface area (TPSA) is 271 Å². The molecule has 0 aliphatic carbocycles. The minimum Gasteiger partial charge on any atom is -0.505 e. The highest BCUT2D eigenvalue weighted by atomic mass is 32.2. The zero-order valence-corrected chi connectivity index (χ0v) is 30.7. The molecular formula is C35H26N6O11S3. The molecule has 0 unspecified atom stereocenters. The van der Waals surface area contributed by atoms with Gasteiger partial charge in [0.2, 0.25) is 0 Å². The summed E-state index contributed by atoms with van der Waals surface area (Å²) in [6.45, 7) is 1.59. The van der Waals surface area contributed by atoms with Crippen LogP contribution in [0.2, 0.25) is 0 Å². The van der Waals surface area contributed by atoms with Crippen molar-refractivity contribution < 1.29 is 48.8 Å². The summed E-state index contributed by atoms with van der Waals surface area (Å²) in [5.41, 5.74) is 1.46. The van der Waals surface area contributed by atoms with E-state index in [0.717, 1.165) is 29.8 Å². The van der Waals surface area contributed by atoms with Crippen LogP contribution in [0.3, 0.4) is 0 Å². The van der Waals surface area contributed by atoms with Crippen LogP contribution in [0.15, 0.2) is 126 Å². The van der Waals surface area contributed by atoms with Gasteiger partial charge < -0.3 is 14.8 Å². The van der Waals surface area contributed by atoms with Crippen LogP contribution in [0.4, 0.5) is 22.7 Å². The quantitative estimate of drug-likeness (QED) is 0.0684. The van der Waals surface area contributed by atoms with Gasteiger partial charge in [-0.25, -0.2) is 4.98 Å². The standard InChI is InChI=1S/C35H26N6O11S3/c1-18-13-27(28(52-2)17-26(18)39-38-20-14-23-21(30(15-20)54(46,47)48)9-6-10-29(23)53(43,44)45)40-41-33-31(55(49,50)51)16-24-22(34(33)42)11-12-25-32(24)37-35(36-25)19-7-4-3-5-8-19/h3-17,42H,1-2H3,(H,36,37)(H,43,44,45)(H,46,47,48)(H,49,50,51). The van der Waals surface area contributed by atoms with Crippen LogP contribution in [0.1, 0.15) is 5.56 Å². The van der Waals surface area contributed by atoms with E-state index in [2.05, 4.69) is 30.4 Å². The number of nitrogens with zero attached hydrogens (tertiary/aromatic N) is 5. The van der Waals surface area contributed by atoms with Crippen molar-refractivity contribution in [1.29, 1.82) is 0 Å². The number of ether oxygens (including phenoxy) is 1. The monoisotopic (exact) mass is 802 g/mol. The molecule has 0 aliphatic heterocycles. The third kappa shape index (κ3) is 7.12. The first-order valence-corrected chi connectivity index (χ1v) is 20.0. The molecule has 1 heterocycles. The second-order valence-corrected chi connectivity index (χ2v) is 16.2. The molecule has 17 nitrogen and oxygen atoms in total. The van der Waals surface area contributed by atoms with E-state index in [9.17, 15) is 44.0 Å². The number of phenols is 1. The van der Waals surface area contributed by atoms with Gasteiger partial charge in [0.15, 0.2) is 5.75 Å². The van der Waals surface area contributed by atoms with Gasteiger partial charge in [0.05, 0.1) is 29.5 Å². The molecule has 1 aromatic heterocycles. The number of aryl methyl sites for hydroxylation is 1. The summed E-state index contributed by atoms with van der Waals surface area (Å²) in [6.07, 6.45) is 0. The highest BCUT2D eigenvalue weighted by Gasteiger charge is 2.25. The number of hydrogen-bond donors (Lipinski definition) is 5. The fourth-order valence-electron chi connectivity index (χ4n) is 5.96. The number of methoxy groups -OCH3 is 1. The number of hydrogen-bond acceptors (Lipinski definition) is 13. The van der Waals surface area contributed by atoms with Crippen LogP contribution in [-0.4, -0.2) is 61.1 Å². The van der Waals surface area contributed by atoms with Gasteiger partial charge in [-0.3, -0.25) is 13.7 Å². The average Bonchev–Trinajstić information content (AvgIpc) is 3.57. The summed E-state index contributed by atoms with van der Waals surface area (Å²) in [7, 11) is -13.4. The fraction of sp³-hybridized carbons (Fsp3) is 0.0571. The van der Waals surface area contributed by atoms with Crippen molar-refractivity contribution in [1.82, 2.24) is 9.97 Å². The summed E-state index contributed by atoms with van der Waals surface area (Å²) >= 11 is 0. The van der Waals surface area contributed by atoms with Gasteiger partial charge in [0.25, 0.3) is 30.4 Å². The minimum atomic E-state index is -4.97. The van der Waals surface area contributed by atoms with E-state index >= 15 is 0 Å². The Kier molecular flexibility index (Phi) is 9.19. The molecular weight excluding hydrogens is 777 g/mol. The molecule has 0 spiro atoms. The zero-order chi connectivity index (χ0) is 39.4. The first-order valence-electron chi connectivity index (χ1n) is 15.7. The van der Waals surface area contributed by atoms with Crippen LogP contribution in [0.5, 0.6) is 11.5 Å². The summed E-state index contributed by atoms with van der Waals surface area (Å²) < 4.78 is 109. The van der Waals surface area contributed by atoms with Crippen LogP contribution >= 0.6 is 0 Å². The maximum atomic E-state index is 12.6. The van der Waals surface area contributed by atoms with Gasteiger partial charge in [-0.15, -0.1) is 10.2 Å². The number of aromatic amines is 1. The molecule has 7 aromatic rings. The maximum absolute atomic E-state index is 12.6. The number of nitrogens with one attached hydrogen (secondary N) is 1. The second kappa shape index (κ2) is 13.6. The Bertz CT molecular complexity index is 3130. The lowest BCUT2D eigenvalue weighted by atomic mass is 10.1. The van der Waals surface area contributed by atoms with Gasteiger partial charge >= 0.3 is 0 Å². The lowest BCUT2D eigenvalue weighted by Gasteiger charge is -2.10. The van der Waals surface area contributed by atoms with E-state index in [1.807, 2.05) is 30.3 Å². The molecule has 6 aromatic carbocycles. The van der Waals surface area contributed by atoms with Gasteiger partial charge in [-0.2, -0.15) is 35.5 Å². The molecule has 280 valence electrons. The van der Waals surface area contributed by atoms with Crippen molar-refractivity contribution in [3.63, 3.8) is 0 Å². The third-order valence-electron chi connectivity index (χ3n) is 8.50. The van der Waals surface area contributed by atoms with Gasteiger partial charge in [0.1, 0.15) is 37.6 Å². The highest BCUT2D eigenvalue weighted by molar-refractivity contribution is 7.86. The van der Waals surface area contributed by atoms with Crippen molar-refractivity contribution in [2.45, 2.75) is 21.6 Å². The molecule has 0 bridgehead atoms. The van der Waals surface area contributed by atoms with Crippen molar-refractivity contribution >= 4 is 85.7 Å². The number of azo groups is 2. The van der Waals surface area contributed by atoms with E-state index in [0.29, 0.717) is 22.4 Å². The molecule has 0 radical (unpaired) electrons. The molecule has 0 amide bonds. The summed E-state index contributed by atoms with van der Waals surface area (Å²) in [6, 6.07) is 21.9.